The molecule has 1 aliphatic rings. The molecule has 3 rings (SSSR count). The van der Waals surface area contributed by atoms with Crippen LogP contribution in [-0.2, 0) is 19.2 Å². The van der Waals surface area contributed by atoms with E-state index in [0.717, 1.165) is 0 Å². The first-order valence-corrected chi connectivity index (χ1v) is 9.96. The van der Waals surface area contributed by atoms with Crippen molar-refractivity contribution in [2.75, 3.05) is 19.0 Å². The molecule has 1 aromatic carbocycles. The van der Waals surface area contributed by atoms with E-state index >= 15 is 0 Å². The summed E-state index contributed by atoms with van der Waals surface area (Å²) >= 11 is 0. The smallest absolute Gasteiger partial charge is 0.313 e. The zero-order valence-electron chi connectivity index (χ0n) is 18.0. The summed E-state index contributed by atoms with van der Waals surface area (Å²) in [5.74, 6) is -1.31. The molecular formula is C21H25N5O6. The quantitative estimate of drug-likeness (QED) is 0.457. The Morgan fingerprint density at radius 1 is 1.28 bits per heavy atom. The maximum atomic E-state index is 12.4. The summed E-state index contributed by atoms with van der Waals surface area (Å²) in [4.78, 5) is 52.0. The zero-order valence-corrected chi connectivity index (χ0v) is 18.0. The Hall–Kier alpha value is -3.89. The predicted molar refractivity (Wildman–Crippen MR) is 114 cm³/mol. The van der Waals surface area contributed by atoms with E-state index in [1.54, 1.807) is 32.0 Å². The number of aromatic nitrogens is 1. The molecule has 32 heavy (non-hydrogen) atoms. The fraction of sp³-hybridized carbons (Fsp3) is 0.381. The van der Waals surface area contributed by atoms with Crippen LogP contribution in [0.5, 0.6) is 5.75 Å². The molecule has 11 heteroatoms. The lowest BCUT2D eigenvalue weighted by molar-refractivity contribution is -0.137. The van der Waals surface area contributed by atoms with Gasteiger partial charge in [0.1, 0.15) is 11.8 Å². The molecular weight excluding hydrogens is 418 g/mol. The number of methoxy groups -OCH3 is 1. The Kier molecular flexibility index (Phi) is 6.76. The second-order valence-electron chi connectivity index (χ2n) is 7.95. The molecule has 1 atom stereocenters. The van der Waals surface area contributed by atoms with Gasteiger partial charge in [-0.05, 0) is 32.4 Å². The van der Waals surface area contributed by atoms with Gasteiger partial charge in [-0.3, -0.25) is 19.2 Å². The van der Waals surface area contributed by atoms with E-state index in [0.29, 0.717) is 35.6 Å². The molecule has 1 aliphatic heterocycles. The van der Waals surface area contributed by atoms with E-state index in [-0.39, 0.29) is 18.4 Å². The minimum atomic E-state index is -0.902. The molecule has 0 unspecified atom stereocenters. The van der Waals surface area contributed by atoms with Crippen molar-refractivity contribution < 1.29 is 28.3 Å². The molecule has 0 spiro atoms. The minimum absolute atomic E-state index is 0.0803. The average molecular weight is 443 g/mol. The largest absolute Gasteiger partial charge is 0.496 e. The van der Waals surface area contributed by atoms with Gasteiger partial charge in [0.2, 0.25) is 11.8 Å². The van der Waals surface area contributed by atoms with Crippen molar-refractivity contribution in [1.82, 2.24) is 20.9 Å². The Morgan fingerprint density at radius 3 is 2.69 bits per heavy atom. The molecule has 0 radical (unpaired) electrons. The first-order valence-electron chi connectivity index (χ1n) is 9.96. The highest BCUT2D eigenvalue weighted by molar-refractivity contribution is 6.39. The maximum absolute atomic E-state index is 12.4. The molecule has 2 aromatic rings. The number of carbonyl (C=O) groups excluding carboxylic acids is 4. The van der Waals surface area contributed by atoms with Gasteiger partial charge in [0.25, 0.3) is 0 Å². The van der Waals surface area contributed by atoms with Gasteiger partial charge in [-0.15, -0.1) is 0 Å². The van der Waals surface area contributed by atoms with E-state index in [2.05, 4.69) is 26.3 Å². The monoisotopic (exact) mass is 443 g/mol. The lowest BCUT2D eigenvalue weighted by Gasteiger charge is -2.27. The van der Waals surface area contributed by atoms with E-state index in [4.69, 9.17) is 9.15 Å². The van der Waals surface area contributed by atoms with Crippen molar-refractivity contribution in [2.24, 2.45) is 0 Å². The number of hydrogen-bond donors (Lipinski definition) is 4. The van der Waals surface area contributed by atoms with Gasteiger partial charge in [0.05, 0.1) is 24.4 Å². The third-order valence-electron chi connectivity index (χ3n) is 4.83. The van der Waals surface area contributed by atoms with Crippen LogP contribution in [-0.4, -0.2) is 53.8 Å². The summed E-state index contributed by atoms with van der Waals surface area (Å²) in [7, 11) is 1.47. The number of ether oxygens (including phenoxy) is 1. The first kappa shape index (κ1) is 22.8. The molecule has 2 heterocycles. The average Bonchev–Trinajstić information content (AvgIpc) is 3.43. The van der Waals surface area contributed by atoms with Crippen LogP contribution in [0.3, 0.4) is 0 Å². The summed E-state index contributed by atoms with van der Waals surface area (Å²) in [6.45, 7) is 3.42. The third-order valence-corrected chi connectivity index (χ3v) is 4.83. The van der Waals surface area contributed by atoms with E-state index in [1.807, 2.05) is 0 Å². The van der Waals surface area contributed by atoms with E-state index in [9.17, 15) is 19.2 Å². The molecule has 0 aliphatic carbocycles. The van der Waals surface area contributed by atoms with Crippen LogP contribution in [0.4, 0.5) is 5.69 Å². The van der Waals surface area contributed by atoms with Crippen molar-refractivity contribution in [1.29, 1.82) is 0 Å². The Morgan fingerprint density at radius 2 is 2.06 bits per heavy atom. The number of anilines is 1. The third kappa shape index (κ3) is 5.62. The van der Waals surface area contributed by atoms with Crippen molar-refractivity contribution in [3.05, 3.63) is 30.8 Å². The summed E-state index contributed by atoms with van der Waals surface area (Å²) in [5, 5.41) is 10.4. The number of hydrogen-bond acceptors (Lipinski definition) is 7. The second kappa shape index (κ2) is 9.50. The van der Waals surface area contributed by atoms with Crippen LogP contribution in [0.2, 0.25) is 0 Å². The Balaban J connectivity index is 1.55. The van der Waals surface area contributed by atoms with Crippen LogP contribution < -0.4 is 26.0 Å². The molecule has 1 fully saturated rings. The van der Waals surface area contributed by atoms with Crippen molar-refractivity contribution in [2.45, 2.75) is 38.3 Å². The molecule has 4 N–H and O–H groups in total. The van der Waals surface area contributed by atoms with Crippen molar-refractivity contribution in [3.8, 4) is 17.1 Å². The first-order chi connectivity index (χ1) is 15.2. The lowest BCUT2D eigenvalue weighted by Crippen LogP contribution is -2.55. The molecule has 1 saturated heterocycles. The number of nitrogens with zero attached hydrogens (tertiary/aromatic N) is 1. The summed E-state index contributed by atoms with van der Waals surface area (Å²) in [6.07, 6.45) is 3.56. The molecule has 0 saturated carbocycles. The van der Waals surface area contributed by atoms with Gasteiger partial charge in [0.15, 0.2) is 12.2 Å². The molecule has 170 valence electrons. The van der Waals surface area contributed by atoms with Crippen LogP contribution in [0.15, 0.2) is 35.2 Å². The molecule has 0 bridgehead atoms. The zero-order chi connectivity index (χ0) is 23.3. The number of amides is 4. The fourth-order valence-electron chi connectivity index (χ4n) is 3.16. The van der Waals surface area contributed by atoms with Gasteiger partial charge >= 0.3 is 11.8 Å². The fourth-order valence-corrected chi connectivity index (χ4v) is 3.16. The van der Waals surface area contributed by atoms with Gasteiger partial charge < -0.3 is 30.4 Å². The van der Waals surface area contributed by atoms with Crippen LogP contribution in [0.25, 0.3) is 11.3 Å². The van der Waals surface area contributed by atoms with E-state index in [1.165, 1.54) is 19.7 Å². The van der Waals surface area contributed by atoms with Gasteiger partial charge in [-0.25, -0.2) is 4.98 Å². The SMILES string of the molecule is COc1cc(NC(=O)C(=O)NC(C)(C)CNC(=O)[C@@H]2CCC(=O)N2)ccc1-c1cnco1. The Bertz CT molecular complexity index is 1020. The molecule has 4 amide bonds. The highest BCUT2D eigenvalue weighted by Gasteiger charge is 2.30. The topological polar surface area (TPSA) is 152 Å². The van der Waals surface area contributed by atoms with Crippen LogP contribution >= 0.6 is 0 Å². The summed E-state index contributed by atoms with van der Waals surface area (Å²) < 4.78 is 10.6. The van der Waals surface area contributed by atoms with Crippen molar-refractivity contribution in [3.63, 3.8) is 0 Å². The number of carbonyl (C=O) groups is 4. The standard InChI is InChI=1S/C21H25N5O6/c1-21(2,10-23-18(28)14-6-7-17(27)25-14)26-20(30)19(29)24-12-4-5-13(15(8-12)31-3)16-9-22-11-32-16/h4-5,8-9,11,14H,6-7,10H2,1-3H3,(H,23,28)(H,24,29)(H,25,27)(H,26,30)/t14-/m0/s1. The predicted octanol–water partition coefficient (Wildman–Crippen LogP) is 0.578. The highest BCUT2D eigenvalue weighted by atomic mass is 16.5. The maximum Gasteiger partial charge on any atom is 0.313 e. The molecule has 1 aromatic heterocycles. The van der Waals surface area contributed by atoms with E-state index < -0.39 is 23.4 Å². The van der Waals surface area contributed by atoms with Crippen molar-refractivity contribution >= 4 is 29.3 Å². The summed E-state index contributed by atoms with van der Waals surface area (Å²) in [5.41, 5.74) is 0.0942. The van der Waals surface area contributed by atoms with Gasteiger partial charge in [0, 0.05) is 24.7 Å². The number of benzene rings is 1. The van der Waals surface area contributed by atoms with Gasteiger partial charge in [-0.2, -0.15) is 0 Å². The van der Waals surface area contributed by atoms with Gasteiger partial charge in [-0.1, -0.05) is 0 Å². The minimum Gasteiger partial charge on any atom is -0.496 e. The highest BCUT2D eigenvalue weighted by Crippen LogP contribution is 2.32. The second-order valence-corrected chi connectivity index (χ2v) is 7.95. The molecule has 11 nitrogen and oxygen atoms in total. The normalized spacial score (nSPS) is 15.6. The number of oxazole rings is 1. The Labute approximate surface area is 184 Å². The lowest BCUT2D eigenvalue weighted by atomic mass is 10.1. The number of rotatable bonds is 7. The van der Waals surface area contributed by atoms with Crippen LogP contribution in [0, 0.1) is 0 Å². The number of nitrogens with one attached hydrogen (secondary N) is 4. The van der Waals surface area contributed by atoms with Crippen LogP contribution in [0.1, 0.15) is 26.7 Å². The summed E-state index contributed by atoms with van der Waals surface area (Å²) in [6, 6.07) is 4.26.